The molecule has 2 aromatic rings. The fourth-order valence-corrected chi connectivity index (χ4v) is 7.67. The molecule has 0 radical (unpaired) electrons. The first-order valence-electron chi connectivity index (χ1n) is 13.6. The number of ether oxygens (including phenoxy) is 2. The maximum atomic E-state index is 12.7. The van der Waals surface area contributed by atoms with Crippen LogP contribution in [0.25, 0.3) is 0 Å². The summed E-state index contributed by atoms with van der Waals surface area (Å²) >= 11 is 0. The van der Waals surface area contributed by atoms with Gasteiger partial charge in [0.2, 0.25) is 5.91 Å². The van der Waals surface area contributed by atoms with Crippen molar-refractivity contribution in [2.24, 2.45) is 11.8 Å². The van der Waals surface area contributed by atoms with E-state index in [1.54, 1.807) is 12.1 Å². The van der Waals surface area contributed by atoms with Crippen molar-refractivity contribution in [1.82, 2.24) is 14.9 Å². The van der Waals surface area contributed by atoms with Gasteiger partial charge in [-0.2, -0.15) is 4.98 Å². The third-order valence-corrected chi connectivity index (χ3v) is 9.67. The molecule has 1 amide bonds. The number of carbonyl (C=O) groups excluding carboxylic acids is 1. The van der Waals surface area contributed by atoms with Gasteiger partial charge in [0.15, 0.2) is 6.23 Å². The maximum absolute atomic E-state index is 12.7. The van der Waals surface area contributed by atoms with E-state index in [0.717, 1.165) is 16.3 Å². The number of nitrogens with two attached hydrogens (primary N) is 1. The summed E-state index contributed by atoms with van der Waals surface area (Å²) < 4.78 is 46.8. The van der Waals surface area contributed by atoms with Crippen molar-refractivity contribution in [3.05, 3.63) is 58.6 Å². The number of aliphatic hydroxyl groups is 2. The molecule has 1 aromatic carbocycles. The maximum Gasteiger partial charge on any atom is 1.00 e. The average molecular weight is 728 g/mol. The Hall–Kier alpha value is 0.470. The molecule has 1 saturated carbocycles. The summed E-state index contributed by atoms with van der Waals surface area (Å²) in [5, 5.41) is 23.3. The molecule has 17 nitrogen and oxygen atoms in total. The fraction of sp³-hybridized carbons (Fsp3) is 0.560. The van der Waals surface area contributed by atoms with Crippen LogP contribution in [0.15, 0.2) is 47.4 Å². The molecule has 22 heteroatoms. The van der Waals surface area contributed by atoms with Gasteiger partial charge < -0.3 is 59.0 Å². The fourth-order valence-electron chi connectivity index (χ4n) is 5.28. The van der Waals surface area contributed by atoms with E-state index in [1.807, 2.05) is 18.2 Å². The summed E-state index contributed by atoms with van der Waals surface area (Å²) in [6.07, 6.45) is -6.03. The molecular weight excluding hydrogens is 695 g/mol. The minimum absolute atomic E-state index is 0. The number of phosphoric acid groups is 1. The minimum Gasteiger partial charge on any atom is -0.809 e. The van der Waals surface area contributed by atoms with E-state index < -0.39 is 76.0 Å². The summed E-state index contributed by atoms with van der Waals surface area (Å²) in [4.78, 5) is 64.3. The number of aromatic nitrogens is 2. The quantitative estimate of drug-likeness (QED) is 0.110. The Morgan fingerprint density at radius 1 is 1.13 bits per heavy atom. The van der Waals surface area contributed by atoms with Gasteiger partial charge in [-0.25, -0.2) is 4.79 Å². The van der Waals surface area contributed by atoms with Crippen LogP contribution >= 0.6 is 15.4 Å². The molecule has 2 fully saturated rings. The van der Waals surface area contributed by atoms with Crippen LogP contribution < -0.4 is 120 Å². The first-order valence-corrected chi connectivity index (χ1v) is 16.6. The van der Waals surface area contributed by atoms with E-state index in [2.05, 4.69) is 10.3 Å². The Balaban J connectivity index is 0.00000368. The molecule has 1 aliphatic carbocycles. The smallest absolute Gasteiger partial charge is 0.809 e. The Labute approximate surface area is 336 Å². The van der Waals surface area contributed by atoms with Gasteiger partial charge in [0, 0.05) is 25.6 Å². The van der Waals surface area contributed by atoms with Crippen LogP contribution in [-0.2, 0) is 39.1 Å². The Morgan fingerprint density at radius 3 is 2.38 bits per heavy atom. The number of nitrogens with one attached hydrogen (secondary N) is 1. The number of nitrogen functional groups attached to an aromatic ring is 1. The molecule has 0 spiro atoms. The number of hydrogen-bond acceptors (Lipinski definition) is 15. The van der Waals surface area contributed by atoms with Gasteiger partial charge in [-0.05, 0) is 38.0 Å². The molecule has 1 aromatic heterocycles. The van der Waals surface area contributed by atoms with Crippen molar-refractivity contribution in [3.63, 3.8) is 0 Å². The number of anilines is 1. The normalized spacial score (nSPS) is 27.4. The Bertz CT molecular complexity index is 1460. The molecule has 2 aliphatic rings. The van der Waals surface area contributed by atoms with Crippen molar-refractivity contribution >= 4 is 27.1 Å². The predicted octanol–water partition coefficient (Wildman–Crippen LogP) is -11.1. The monoisotopic (exact) mass is 728 g/mol. The molecule has 2 unspecified atom stereocenters. The third kappa shape index (κ3) is 12.9. The molecule has 0 bridgehead atoms. The number of rotatable bonds is 13. The largest absolute Gasteiger partial charge is 1.00 e. The average Bonchev–Trinajstić information content (AvgIpc) is 3.48. The Morgan fingerprint density at radius 2 is 1.79 bits per heavy atom. The summed E-state index contributed by atoms with van der Waals surface area (Å²) in [7, 11) is -11.3. The van der Waals surface area contributed by atoms with Crippen LogP contribution in [0.5, 0.6) is 0 Å². The van der Waals surface area contributed by atoms with Gasteiger partial charge in [-0.15, -0.1) is 0 Å². The molecule has 47 heavy (non-hydrogen) atoms. The zero-order chi connectivity index (χ0) is 32.2. The van der Waals surface area contributed by atoms with Crippen molar-refractivity contribution in [3.8, 4) is 0 Å². The minimum atomic E-state index is -5.71. The second-order valence-electron chi connectivity index (χ2n) is 10.6. The first-order chi connectivity index (χ1) is 20.6. The van der Waals surface area contributed by atoms with Crippen LogP contribution in [0.1, 0.15) is 31.6 Å². The van der Waals surface area contributed by atoms with Gasteiger partial charge in [0.05, 0.1) is 25.2 Å². The van der Waals surface area contributed by atoms with Gasteiger partial charge in [0.25, 0.3) is 7.82 Å². The van der Waals surface area contributed by atoms with Crippen LogP contribution in [-0.4, -0.2) is 69.1 Å². The summed E-state index contributed by atoms with van der Waals surface area (Å²) in [5.41, 5.74) is 5.35. The molecule has 5 N–H and O–H groups in total. The molecular formula is C25H33N4Na3O13P2. The van der Waals surface area contributed by atoms with E-state index in [-0.39, 0.29) is 126 Å². The number of aliphatic hydroxyl groups excluding tert-OH is 2. The SMILES string of the molecule is CC(=O)NC[C@@H]1C[C@@H](C(OP(=O)([O-])OC[C@H]2O[C@@H](n3ccc(N)nc3=O)[C@H](O)[C@@H]2O)P(=O)([O-])[O-])C[C@H]1OCc1ccccc1.[Na+].[Na+].[Na+]. The number of phosphoric ester groups is 1. The predicted molar refractivity (Wildman–Crippen MR) is 145 cm³/mol. The second-order valence-corrected chi connectivity index (χ2v) is 13.6. The zero-order valence-corrected chi connectivity index (χ0v) is 34.2. The molecule has 1 aliphatic heterocycles. The van der Waals surface area contributed by atoms with Crippen LogP contribution in [0.2, 0.25) is 0 Å². The van der Waals surface area contributed by atoms with Crippen molar-refractivity contribution < 1.29 is 146 Å². The van der Waals surface area contributed by atoms with Gasteiger partial charge in [-0.3, -0.25) is 13.9 Å². The molecule has 9 atom stereocenters. The topological polar surface area (TPSA) is 271 Å². The number of carbonyl (C=O) groups is 1. The van der Waals surface area contributed by atoms with E-state index >= 15 is 0 Å². The number of benzene rings is 1. The Kier molecular flexibility index (Phi) is 19.3. The summed E-state index contributed by atoms with van der Waals surface area (Å²) in [5.74, 6) is -4.41. The third-order valence-electron chi connectivity index (χ3n) is 7.40. The van der Waals surface area contributed by atoms with Gasteiger partial charge in [0.1, 0.15) is 24.1 Å². The zero-order valence-electron chi connectivity index (χ0n) is 26.4. The van der Waals surface area contributed by atoms with E-state index in [9.17, 15) is 43.6 Å². The van der Waals surface area contributed by atoms with Crippen molar-refractivity contribution in [2.45, 2.75) is 62.9 Å². The van der Waals surface area contributed by atoms with Crippen molar-refractivity contribution in [1.29, 1.82) is 0 Å². The summed E-state index contributed by atoms with van der Waals surface area (Å²) in [6, 6.07) is 10.3. The summed E-state index contributed by atoms with van der Waals surface area (Å²) in [6.45, 7) is 0.563. The number of hydrogen-bond donors (Lipinski definition) is 4. The van der Waals surface area contributed by atoms with E-state index in [1.165, 1.54) is 13.0 Å². The van der Waals surface area contributed by atoms with Crippen LogP contribution in [0.4, 0.5) is 5.82 Å². The molecule has 2 heterocycles. The van der Waals surface area contributed by atoms with E-state index in [0.29, 0.717) is 0 Å². The number of nitrogens with zero attached hydrogens (tertiary/aromatic N) is 2. The van der Waals surface area contributed by atoms with Crippen molar-refractivity contribution in [2.75, 3.05) is 18.9 Å². The standard InChI is InChI=1S/C25H36N4O13P2.3Na/c1-14(30)27-11-17-9-16(10-18(17)39-12-15-5-3-2-4-6-15)24(43(34,35)36)42-44(37,38)40-13-19-21(31)22(32)23(41-19)29-8-7-20(26)28-25(29)33;;;/h2-8,16-19,21-24,31-32H,9-13H2,1H3,(H,27,30)(H,37,38)(H2,26,28,33)(H2,34,35,36);;;/q;3*+1/p-3/t16-,17+,18-,19-,21-,22-,23-,24?;;;/m1.../s1. The molecule has 4 rings (SSSR count). The van der Waals surface area contributed by atoms with Crippen LogP contribution in [0.3, 0.4) is 0 Å². The molecule has 244 valence electrons. The van der Waals surface area contributed by atoms with Crippen LogP contribution in [0, 0.1) is 11.8 Å². The second kappa shape index (κ2) is 19.9. The van der Waals surface area contributed by atoms with Gasteiger partial charge in [-0.1, -0.05) is 30.3 Å². The van der Waals surface area contributed by atoms with E-state index in [4.69, 9.17) is 24.3 Å². The van der Waals surface area contributed by atoms with Gasteiger partial charge >= 0.3 is 94.4 Å². The first kappa shape index (κ1) is 45.5. The molecule has 1 saturated heterocycles. The number of amides is 1.